The van der Waals surface area contributed by atoms with Gasteiger partial charge in [0.05, 0.1) is 19.8 Å². The lowest BCUT2D eigenvalue weighted by Gasteiger charge is -2.32. The fraction of sp³-hybridized carbons (Fsp3) is 0.429. The smallest absolute Gasteiger partial charge is 0.328 e. The molecule has 2 rings (SSSR count). The highest BCUT2D eigenvalue weighted by molar-refractivity contribution is 5.93. The van der Waals surface area contributed by atoms with Gasteiger partial charge in [0.15, 0.2) is 6.04 Å². The Hall–Kier alpha value is -2.12. The van der Waals surface area contributed by atoms with Crippen LogP contribution in [-0.4, -0.2) is 54.9 Å². The third-order valence-corrected chi connectivity index (χ3v) is 3.23. The highest BCUT2D eigenvalue weighted by atomic mass is 16.5. The number of carbonyl (C=O) groups excluding carboxylic acids is 1. The quantitative estimate of drug-likeness (QED) is 0.869. The lowest BCUT2D eigenvalue weighted by Crippen LogP contribution is -2.54. The fourth-order valence-corrected chi connectivity index (χ4v) is 2.16. The highest BCUT2D eigenvalue weighted by Crippen LogP contribution is 2.18. The average Bonchev–Trinajstić information content (AvgIpc) is 2.49. The molecule has 1 aliphatic heterocycles. The molecule has 0 saturated carbocycles. The van der Waals surface area contributed by atoms with Crippen molar-refractivity contribution in [2.24, 2.45) is 0 Å². The summed E-state index contributed by atoms with van der Waals surface area (Å²) >= 11 is 0. The number of benzene rings is 1. The SMILES string of the molecule is COCc1ccccc1NC(=O)N1CCOCC1C(=O)O. The molecular weight excluding hydrogens is 276 g/mol. The number of morpholine rings is 1. The third-order valence-electron chi connectivity index (χ3n) is 3.23. The van der Waals surface area contributed by atoms with Crippen LogP contribution < -0.4 is 5.32 Å². The van der Waals surface area contributed by atoms with Crippen molar-refractivity contribution in [3.8, 4) is 0 Å². The number of nitrogens with zero attached hydrogens (tertiary/aromatic N) is 1. The Morgan fingerprint density at radius 3 is 2.95 bits per heavy atom. The number of para-hydroxylation sites is 1. The van der Waals surface area contributed by atoms with E-state index >= 15 is 0 Å². The molecule has 114 valence electrons. The fourth-order valence-electron chi connectivity index (χ4n) is 2.16. The van der Waals surface area contributed by atoms with Crippen LogP contribution in [0, 0.1) is 0 Å². The Morgan fingerprint density at radius 1 is 1.48 bits per heavy atom. The van der Waals surface area contributed by atoms with Crippen molar-refractivity contribution in [3.05, 3.63) is 29.8 Å². The van der Waals surface area contributed by atoms with Gasteiger partial charge in [-0.05, 0) is 6.07 Å². The molecule has 1 fully saturated rings. The van der Waals surface area contributed by atoms with E-state index in [1.807, 2.05) is 12.1 Å². The van der Waals surface area contributed by atoms with Crippen molar-refractivity contribution < 1.29 is 24.2 Å². The normalized spacial score (nSPS) is 18.3. The number of carboxylic acid groups (broad SMARTS) is 1. The molecule has 1 atom stereocenters. The molecule has 1 saturated heterocycles. The molecule has 1 aromatic rings. The number of carboxylic acids is 1. The summed E-state index contributed by atoms with van der Waals surface area (Å²) < 4.78 is 10.2. The van der Waals surface area contributed by atoms with E-state index in [0.29, 0.717) is 18.9 Å². The predicted octanol–water partition coefficient (Wildman–Crippen LogP) is 1.15. The number of aliphatic carboxylic acids is 1. The zero-order chi connectivity index (χ0) is 15.2. The second kappa shape index (κ2) is 7.05. The van der Waals surface area contributed by atoms with E-state index < -0.39 is 18.0 Å². The van der Waals surface area contributed by atoms with E-state index in [-0.39, 0.29) is 13.2 Å². The highest BCUT2D eigenvalue weighted by Gasteiger charge is 2.32. The Kier molecular flexibility index (Phi) is 5.13. The molecule has 0 aliphatic carbocycles. The Morgan fingerprint density at radius 2 is 2.24 bits per heavy atom. The van der Waals surface area contributed by atoms with Gasteiger partial charge in [-0.1, -0.05) is 18.2 Å². The van der Waals surface area contributed by atoms with Gasteiger partial charge in [-0.3, -0.25) is 0 Å². The minimum atomic E-state index is -1.07. The summed E-state index contributed by atoms with van der Waals surface area (Å²) in [7, 11) is 1.57. The first-order valence-electron chi connectivity index (χ1n) is 6.58. The van der Waals surface area contributed by atoms with Crippen molar-refractivity contribution in [1.29, 1.82) is 0 Å². The summed E-state index contributed by atoms with van der Waals surface area (Å²) in [4.78, 5) is 24.7. The molecule has 7 nitrogen and oxygen atoms in total. The number of hydrogen-bond acceptors (Lipinski definition) is 4. The Balaban J connectivity index is 2.11. The number of amides is 2. The van der Waals surface area contributed by atoms with E-state index in [4.69, 9.17) is 14.6 Å². The van der Waals surface area contributed by atoms with E-state index in [0.717, 1.165) is 5.56 Å². The number of anilines is 1. The van der Waals surface area contributed by atoms with Crippen molar-refractivity contribution in [1.82, 2.24) is 4.90 Å². The summed E-state index contributed by atoms with van der Waals surface area (Å²) in [6.07, 6.45) is 0. The van der Waals surface area contributed by atoms with Crippen LogP contribution >= 0.6 is 0 Å². The van der Waals surface area contributed by atoms with Gasteiger partial charge in [-0.25, -0.2) is 9.59 Å². The van der Waals surface area contributed by atoms with Gasteiger partial charge in [0.25, 0.3) is 0 Å². The molecule has 1 heterocycles. The van der Waals surface area contributed by atoms with Crippen LogP contribution in [-0.2, 0) is 20.9 Å². The number of carbonyl (C=O) groups is 2. The van der Waals surface area contributed by atoms with Crippen LogP contribution in [0.15, 0.2) is 24.3 Å². The average molecular weight is 294 g/mol. The molecule has 1 aromatic carbocycles. The van der Waals surface area contributed by atoms with E-state index in [2.05, 4.69) is 5.32 Å². The van der Waals surface area contributed by atoms with Crippen LogP contribution in [0.4, 0.5) is 10.5 Å². The second-order valence-corrected chi connectivity index (χ2v) is 4.64. The maximum atomic E-state index is 12.3. The second-order valence-electron chi connectivity index (χ2n) is 4.64. The number of urea groups is 1. The monoisotopic (exact) mass is 294 g/mol. The van der Waals surface area contributed by atoms with Crippen LogP contribution in [0.1, 0.15) is 5.56 Å². The van der Waals surface area contributed by atoms with Crippen LogP contribution in [0.2, 0.25) is 0 Å². The number of nitrogens with one attached hydrogen (secondary N) is 1. The molecule has 2 N–H and O–H groups in total. The lowest BCUT2D eigenvalue weighted by atomic mass is 10.2. The molecule has 21 heavy (non-hydrogen) atoms. The molecule has 0 spiro atoms. The standard InChI is InChI=1S/C14H18N2O5/c1-20-8-10-4-2-3-5-11(10)15-14(19)16-6-7-21-9-12(16)13(17)18/h2-5,12H,6-9H2,1H3,(H,15,19)(H,17,18). The molecule has 2 amide bonds. The third kappa shape index (κ3) is 3.71. The topological polar surface area (TPSA) is 88.1 Å². The zero-order valence-electron chi connectivity index (χ0n) is 11.7. The summed E-state index contributed by atoms with van der Waals surface area (Å²) in [5.74, 6) is -1.07. The molecular formula is C14H18N2O5. The molecule has 0 radical (unpaired) electrons. The van der Waals surface area contributed by atoms with E-state index in [1.165, 1.54) is 4.90 Å². The van der Waals surface area contributed by atoms with Crippen molar-refractivity contribution in [3.63, 3.8) is 0 Å². The summed E-state index contributed by atoms with van der Waals surface area (Å²) in [5.41, 5.74) is 1.44. The maximum absolute atomic E-state index is 12.3. The summed E-state index contributed by atoms with van der Waals surface area (Å²) in [5, 5.41) is 11.9. The van der Waals surface area contributed by atoms with Crippen LogP contribution in [0.25, 0.3) is 0 Å². The van der Waals surface area contributed by atoms with Crippen molar-refractivity contribution in [2.75, 3.05) is 32.2 Å². The van der Waals surface area contributed by atoms with E-state index in [1.54, 1.807) is 19.2 Å². The first kappa shape index (κ1) is 15.3. The van der Waals surface area contributed by atoms with Gasteiger partial charge in [-0.15, -0.1) is 0 Å². The lowest BCUT2D eigenvalue weighted by molar-refractivity contribution is -0.147. The Bertz CT molecular complexity index is 520. The zero-order valence-corrected chi connectivity index (χ0v) is 11.7. The summed E-state index contributed by atoms with van der Waals surface area (Å²) in [6, 6.07) is 5.82. The van der Waals surface area contributed by atoms with Gasteiger partial charge in [0.2, 0.25) is 0 Å². The number of methoxy groups -OCH3 is 1. The van der Waals surface area contributed by atoms with E-state index in [9.17, 15) is 9.59 Å². The largest absolute Gasteiger partial charge is 0.480 e. The van der Waals surface area contributed by atoms with Gasteiger partial charge in [0, 0.05) is 24.9 Å². The molecule has 0 bridgehead atoms. The van der Waals surface area contributed by atoms with Crippen LogP contribution in [0.5, 0.6) is 0 Å². The van der Waals surface area contributed by atoms with Crippen molar-refractivity contribution >= 4 is 17.7 Å². The van der Waals surface area contributed by atoms with Gasteiger partial charge >= 0.3 is 12.0 Å². The van der Waals surface area contributed by atoms with Gasteiger partial charge in [0.1, 0.15) is 0 Å². The predicted molar refractivity (Wildman–Crippen MR) is 75.1 cm³/mol. The van der Waals surface area contributed by atoms with Gasteiger partial charge < -0.3 is 24.8 Å². The summed E-state index contributed by atoms with van der Waals surface area (Å²) in [6.45, 7) is 0.941. The molecule has 1 aliphatic rings. The number of hydrogen-bond donors (Lipinski definition) is 2. The maximum Gasteiger partial charge on any atom is 0.328 e. The number of ether oxygens (including phenoxy) is 2. The first-order chi connectivity index (χ1) is 10.1. The van der Waals surface area contributed by atoms with Crippen molar-refractivity contribution in [2.45, 2.75) is 12.6 Å². The number of rotatable bonds is 4. The minimum absolute atomic E-state index is 0.00245. The Labute approximate surface area is 122 Å². The minimum Gasteiger partial charge on any atom is -0.480 e. The van der Waals surface area contributed by atoms with Crippen LogP contribution in [0.3, 0.4) is 0 Å². The molecule has 7 heteroatoms. The van der Waals surface area contributed by atoms with Gasteiger partial charge in [-0.2, -0.15) is 0 Å². The molecule has 0 aromatic heterocycles. The first-order valence-corrected chi connectivity index (χ1v) is 6.58. The molecule has 1 unspecified atom stereocenters.